The van der Waals surface area contributed by atoms with Crippen LogP contribution >= 0.6 is 0 Å². The lowest BCUT2D eigenvalue weighted by atomic mass is 9.97. The monoisotopic (exact) mass is 322 g/mol. The Morgan fingerprint density at radius 3 is 2.55 bits per heavy atom. The van der Waals surface area contributed by atoms with Crippen LogP contribution in [0.15, 0.2) is 29.2 Å². The van der Waals surface area contributed by atoms with E-state index in [-0.39, 0.29) is 16.7 Å². The molecule has 1 unspecified atom stereocenters. The highest BCUT2D eigenvalue weighted by molar-refractivity contribution is 7.91. The van der Waals surface area contributed by atoms with Gasteiger partial charge in [0.2, 0.25) is 0 Å². The van der Waals surface area contributed by atoms with Gasteiger partial charge < -0.3 is 5.11 Å². The zero-order chi connectivity index (χ0) is 16.4. The molecule has 120 valence electrons. The van der Waals surface area contributed by atoms with E-state index in [4.69, 9.17) is 5.26 Å². The molecule has 1 fully saturated rings. The summed E-state index contributed by atoms with van der Waals surface area (Å²) in [4.78, 5) is 2.30. The Morgan fingerprint density at radius 1 is 1.36 bits per heavy atom. The van der Waals surface area contributed by atoms with Gasteiger partial charge >= 0.3 is 0 Å². The van der Waals surface area contributed by atoms with Gasteiger partial charge in [-0.15, -0.1) is 0 Å². The van der Waals surface area contributed by atoms with Crippen LogP contribution in [-0.2, 0) is 9.84 Å². The maximum Gasteiger partial charge on any atom is 0.179 e. The van der Waals surface area contributed by atoms with Crippen molar-refractivity contribution in [2.24, 2.45) is 0 Å². The topological polar surface area (TPSA) is 81.4 Å². The Bertz CT molecular complexity index is 654. The first-order valence-corrected chi connectivity index (χ1v) is 9.08. The van der Waals surface area contributed by atoms with E-state index in [2.05, 4.69) is 4.90 Å². The third kappa shape index (κ3) is 3.86. The summed E-state index contributed by atoms with van der Waals surface area (Å²) in [5.74, 6) is 0.0193. The second-order valence-corrected chi connectivity index (χ2v) is 8.41. The van der Waals surface area contributed by atoms with Crippen LogP contribution in [0.3, 0.4) is 0 Å². The zero-order valence-electron chi connectivity index (χ0n) is 13.0. The number of benzene rings is 1. The van der Waals surface area contributed by atoms with Crippen molar-refractivity contribution in [3.05, 3.63) is 29.8 Å². The van der Waals surface area contributed by atoms with E-state index in [9.17, 15) is 13.5 Å². The SMILES string of the molecule is CC(C)(O)C1CCCN1CCS(=O)(=O)c1ccc(C#N)cc1. The van der Waals surface area contributed by atoms with E-state index in [1.807, 2.05) is 6.07 Å². The van der Waals surface area contributed by atoms with Gasteiger partial charge in [-0.05, 0) is 57.5 Å². The van der Waals surface area contributed by atoms with Crippen LogP contribution < -0.4 is 0 Å². The largest absolute Gasteiger partial charge is 0.389 e. The lowest BCUT2D eigenvalue weighted by Crippen LogP contribution is -2.47. The number of aliphatic hydroxyl groups is 1. The van der Waals surface area contributed by atoms with E-state index < -0.39 is 15.4 Å². The molecule has 2 rings (SSSR count). The number of likely N-dealkylation sites (tertiary alicyclic amines) is 1. The molecule has 1 aliphatic rings. The maximum atomic E-state index is 12.4. The second kappa shape index (κ2) is 6.37. The van der Waals surface area contributed by atoms with E-state index in [1.54, 1.807) is 13.8 Å². The van der Waals surface area contributed by atoms with Crippen LogP contribution in [0.5, 0.6) is 0 Å². The highest BCUT2D eigenvalue weighted by Gasteiger charge is 2.36. The highest BCUT2D eigenvalue weighted by Crippen LogP contribution is 2.26. The maximum absolute atomic E-state index is 12.4. The summed E-state index contributed by atoms with van der Waals surface area (Å²) in [6.07, 6.45) is 1.87. The Balaban J connectivity index is 2.05. The highest BCUT2D eigenvalue weighted by atomic mass is 32.2. The summed E-state index contributed by atoms with van der Waals surface area (Å²) in [7, 11) is -3.37. The van der Waals surface area contributed by atoms with Crippen LogP contribution in [-0.4, -0.2) is 48.9 Å². The molecule has 0 aromatic heterocycles. The quantitative estimate of drug-likeness (QED) is 0.890. The molecule has 0 saturated carbocycles. The van der Waals surface area contributed by atoms with Crippen molar-refractivity contribution in [2.75, 3.05) is 18.8 Å². The van der Waals surface area contributed by atoms with Gasteiger partial charge in [-0.3, -0.25) is 4.90 Å². The van der Waals surface area contributed by atoms with Crippen molar-refractivity contribution in [1.82, 2.24) is 4.90 Å². The Kier molecular flexibility index (Phi) is 4.90. The van der Waals surface area contributed by atoms with E-state index in [0.29, 0.717) is 12.1 Å². The van der Waals surface area contributed by atoms with Gasteiger partial charge in [0.05, 0.1) is 27.9 Å². The summed E-state index contributed by atoms with van der Waals surface area (Å²) < 4.78 is 24.7. The normalized spacial score (nSPS) is 20.0. The molecule has 6 heteroatoms. The average Bonchev–Trinajstić information content (AvgIpc) is 2.94. The first-order chi connectivity index (χ1) is 10.2. The fourth-order valence-electron chi connectivity index (χ4n) is 2.99. The predicted octanol–water partition coefficient (Wildman–Crippen LogP) is 1.57. The van der Waals surface area contributed by atoms with Crippen molar-refractivity contribution in [3.63, 3.8) is 0 Å². The smallest absolute Gasteiger partial charge is 0.179 e. The number of hydrogen-bond acceptors (Lipinski definition) is 5. The lowest BCUT2D eigenvalue weighted by Gasteiger charge is -2.33. The van der Waals surface area contributed by atoms with Crippen molar-refractivity contribution >= 4 is 9.84 Å². The first kappa shape index (κ1) is 16.9. The van der Waals surface area contributed by atoms with Crippen LogP contribution in [0.4, 0.5) is 0 Å². The van der Waals surface area contributed by atoms with E-state index >= 15 is 0 Å². The molecule has 1 aromatic carbocycles. The molecule has 0 bridgehead atoms. The molecule has 0 amide bonds. The number of nitrogens with zero attached hydrogens (tertiary/aromatic N) is 2. The molecular weight excluding hydrogens is 300 g/mol. The summed E-state index contributed by atoms with van der Waals surface area (Å²) in [5, 5.41) is 18.9. The number of nitriles is 1. The van der Waals surface area contributed by atoms with Gasteiger partial charge in [0, 0.05) is 12.6 Å². The van der Waals surface area contributed by atoms with Gasteiger partial charge in [0.25, 0.3) is 0 Å². The Morgan fingerprint density at radius 2 is 2.00 bits per heavy atom. The minimum absolute atomic E-state index is 0.00339. The molecule has 22 heavy (non-hydrogen) atoms. The fraction of sp³-hybridized carbons (Fsp3) is 0.562. The molecular formula is C16H22N2O3S. The summed E-state index contributed by atoms with van der Waals surface area (Å²) in [6.45, 7) is 4.77. The van der Waals surface area contributed by atoms with Crippen LogP contribution in [0, 0.1) is 11.3 Å². The molecule has 0 spiro atoms. The van der Waals surface area contributed by atoms with Crippen LogP contribution in [0.2, 0.25) is 0 Å². The van der Waals surface area contributed by atoms with Crippen LogP contribution in [0.25, 0.3) is 0 Å². The Labute approximate surface area is 132 Å². The van der Waals surface area contributed by atoms with Gasteiger partial charge in [-0.2, -0.15) is 5.26 Å². The molecule has 0 aliphatic carbocycles. The molecule has 1 saturated heterocycles. The predicted molar refractivity (Wildman–Crippen MR) is 84.1 cm³/mol. The Hall–Kier alpha value is -1.42. The minimum atomic E-state index is -3.37. The fourth-order valence-corrected chi connectivity index (χ4v) is 4.25. The third-order valence-electron chi connectivity index (χ3n) is 4.17. The zero-order valence-corrected chi connectivity index (χ0v) is 13.8. The number of sulfone groups is 1. The van der Waals surface area contributed by atoms with Crippen molar-refractivity contribution in [2.45, 2.75) is 43.2 Å². The molecule has 1 aliphatic heterocycles. The number of rotatable bonds is 5. The van der Waals surface area contributed by atoms with E-state index in [1.165, 1.54) is 24.3 Å². The number of hydrogen-bond donors (Lipinski definition) is 1. The van der Waals surface area contributed by atoms with Crippen molar-refractivity contribution in [1.29, 1.82) is 5.26 Å². The second-order valence-electron chi connectivity index (χ2n) is 6.30. The van der Waals surface area contributed by atoms with Gasteiger partial charge in [0.15, 0.2) is 9.84 Å². The standard InChI is InChI=1S/C16H22N2O3S/c1-16(2,19)15-4-3-9-18(15)10-11-22(20,21)14-7-5-13(12-17)6-8-14/h5-8,15,19H,3-4,9-11H2,1-2H3. The van der Waals surface area contributed by atoms with Gasteiger partial charge in [-0.1, -0.05) is 0 Å². The lowest BCUT2D eigenvalue weighted by molar-refractivity contribution is -0.000403. The first-order valence-electron chi connectivity index (χ1n) is 7.43. The van der Waals surface area contributed by atoms with Gasteiger partial charge in [-0.25, -0.2) is 8.42 Å². The molecule has 1 atom stereocenters. The van der Waals surface area contributed by atoms with Crippen molar-refractivity contribution < 1.29 is 13.5 Å². The molecule has 1 N–H and O–H groups in total. The third-order valence-corrected chi connectivity index (χ3v) is 5.88. The molecule has 1 heterocycles. The summed E-state index contributed by atoms with van der Waals surface area (Å²) in [6, 6.07) is 7.96. The summed E-state index contributed by atoms with van der Waals surface area (Å²) >= 11 is 0. The van der Waals surface area contributed by atoms with E-state index in [0.717, 1.165) is 19.4 Å². The molecule has 1 aromatic rings. The minimum Gasteiger partial charge on any atom is -0.389 e. The average molecular weight is 322 g/mol. The van der Waals surface area contributed by atoms with Gasteiger partial charge in [0.1, 0.15) is 0 Å². The van der Waals surface area contributed by atoms with Crippen molar-refractivity contribution in [3.8, 4) is 6.07 Å². The van der Waals surface area contributed by atoms with Crippen LogP contribution in [0.1, 0.15) is 32.3 Å². The summed E-state index contributed by atoms with van der Waals surface area (Å²) in [5.41, 5.74) is -0.380. The molecule has 0 radical (unpaired) electrons. The molecule has 5 nitrogen and oxygen atoms in total.